The maximum absolute atomic E-state index is 12.5. The smallest absolute Gasteiger partial charge is 0.258 e. The number of rotatable bonds is 10. The van der Waals surface area contributed by atoms with Crippen LogP contribution in [0.3, 0.4) is 0 Å². The highest BCUT2D eigenvalue weighted by Gasteiger charge is 2.51. The van der Waals surface area contributed by atoms with Crippen molar-refractivity contribution in [2.24, 2.45) is 23.2 Å². The monoisotopic (exact) mass is 414 g/mol. The molecule has 0 heterocycles. The molecule has 0 saturated heterocycles. The van der Waals surface area contributed by atoms with Gasteiger partial charge in [0, 0.05) is 19.5 Å². The molecule has 5 rings (SSSR count). The molecule has 4 aliphatic carbocycles. The molecule has 2 amide bonds. The molecule has 4 saturated carbocycles. The number of benzene rings is 1. The lowest BCUT2D eigenvalue weighted by atomic mass is 9.49. The number of hydrogen-bond acceptors (Lipinski definition) is 4. The Morgan fingerprint density at radius 1 is 0.900 bits per heavy atom. The summed E-state index contributed by atoms with van der Waals surface area (Å²) in [6.45, 7) is 3.22. The Balaban J connectivity index is 1.13. The molecule has 1 aromatic rings. The molecule has 0 atom stereocenters. The van der Waals surface area contributed by atoms with Gasteiger partial charge in [-0.2, -0.15) is 0 Å². The maximum Gasteiger partial charge on any atom is 0.258 e. The van der Waals surface area contributed by atoms with Crippen LogP contribution in [0.2, 0.25) is 0 Å². The predicted octanol–water partition coefficient (Wildman–Crippen LogP) is 3.30. The normalized spacial score (nSPS) is 28.8. The van der Waals surface area contributed by atoms with E-state index in [0.29, 0.717) is 37.6 Å². The van der Waals surface area contributed by atoms with E-state index in [-0.39, 0.29) is 23.8 Å². The summed E-state index contributed by atoms with van der Waals surface area (Å²) in [6.07, 6.45) is 8.55. The summed E-state index contributed by atoms with van der Waals surface area (Å²) in [4.78, 5) is 24.6. The van der Waals surface area contributed by atoms with Gasteiger partial charge in [0.15, 0.2) is 18.1 Å². The third-order valence-electron chi connectivity index (χ3n) is 6.98. The molecule has 6 heteroatoms. The first kappa shape index (κ1) is 21.0. The fourth-order valence-corrected chi connectivity index (χ4v) is 6.35. The van der Waals surface area contributed by atoms with Gasteiger partial charge in [-0.1, -0.05) is 12.1 Å². The number of nitrogens with one attached hydrogen (secondary N) is 2. The van der Waals surface area contributed by atoms with Crippen LogP contribution < -0.4 is 20.1 Å². The van der Waals surface area contributed by atoms with Gasteiger partial charge >= 0.3 is 0 Å². The number of carbonyl (C=O) groups excluding carboxylic acids is 2. The zero-order valence-corrected chi connectivity index (χ0v) is 18.0. The quantitative estimate of drug-likeness (QED) is 0.576. The van der Waals surface area contributed by atoms with Gasteiger partial charge in [-0.15, -0.1) is 0 Å². The first-order valence-corrected chi connectivity index (χ1v) is 11.4. The van der Waals surface area contributed by atoms with Crippen LogP contribution in [0.5, 0.6) is 11.5 Å². The average molecular weight is 415 g/mol. The van der Waals surface area contributed by atoms with Crippen molar-refractivity contribution in [1.82, 2.24) is 10.6 Å². The fourth-order valence-electron chi connectivity index (χ4n) is 6.35. The Hall–Kier alpha value is -2.24. The van der Waals surface area contributed by atoms with Crippen LogP contribution in [0.15, 0.2) is 24.3 Å². The predicted molar refractivity (Wildman–Crippen MR) is 114 cm³/mol. The molecule has 4 bridgehead atoms. The highest BCUT2D eigenvalue weighted by Crippen LogP contribution is 2.61. The van der Waals surface area contributed by atoms with Gasteiger partial charge in [0.05, 0.1) is 6.61 Å². The standard InChI is InChI=1S/C24H34N2O4/c1-2-29-20-5-3-4-6-21(20)30-16-23(28)26-8-7-25-22(27)15-24-12-17-9-18(13-24)11-19(10-17)14-24/h3-6,17-19H,2,7-16H2,1H3,(H,25,27)(H,26,28). The Bertz CT molecular complexity index is 728. The first-order valence-electron chi connectivity index (χ1n) is 11.4. The zero-order valence-electron chi connectivity index (χ0n) is 18.0. The highest BCUT2D eigenvalue weighted by atomic mass is 16.5. The summed E-state index contributed by atoms with van der Waals surface area (Å²) >= 11 is 0. The van der Waals surface area contributed by atoms with Crippen LogP contribution in [0.4, 0.5) is 0 Å². The first-order chi connectivity index (χ1) is 14.5. The minimum atomic E-state index is -0.211. The molecular formula is C24H34N2O4. The van der Waals surface area contributed by atoms with Crippen molar-refractivity contribution in [3.63, 3.8) is 0 Å². The summed E-state index contributed by atoms with van der Waals surface area (Å²) in [5, 5.41) is 5.80. The number of para-hydroxylation sites is 2. The average Bonchev–Trinajstić information content (AvgIpc) is 2.69. The van der Waals surface area contributed by atoms with Crippen LogP contribution in [-0.2, 0) is 9.59 Å². The summed E-state index contributed by atoms with van der Waals surface area (Å²) in [7, 11) is 0. The van der Waals surface area contributed by atoms with E-state index >= 15 is 0 Å². The molecule has 0 radical (unpaired) electrons. The summed E-state index contributed by atoms with van der Waals surface area (Å²) in [6, 6.07) is 7.30. The van der Waals surface area contributed by atoms with E-state index in [1.165, 1.54) is 38.5 Å². The highest BCUT2D eigenvalue weighted by molar-refractivity contribution is 5.78. The van der Waals surface area contributed by atoms with E-state index in [1.807, 2.05) is 25.1 Å². The van der Waals surface area contributed by atoms with E-state index in [0.717, 1.165) is 17.8 Å². The molecule has 0 aromatic heterocycles. The summed E-state index contributed by atoms with van der Waals surface area (Å²) in [5.74, 6) is 3.68. The molecule has 4 aliphatic rings. The lowest BCUT2D eigenvalue weighted by molar-refractivity contribution is -0.129. The van der Waals surface area contributed by atoms with E-state index in [9.17, 15) is 9.59 Å². The van der Waals surface area contributed by atoms with E-state index in [1.54, 1.807) is 6.07 Å². The van der Waals surface area contributed by atoms with Crippen LogP contribution >= 0.6 is 0 Å². The third-order valence-corrected chi connectivity index (χ3v) is 6.98. The number of ether oxygens (including phenoxy) is 2. The van der Waals surface area contributed by atoms with Crippen LogP contribution in [0.25, 0.3) is 0 Å². The lowest BCUT2D eigenvalue weighted by Gasteiger charge is -2.56. The van der Waals surface area contributed by atoms with Crippen LogP contribution in [0, 0.1) is 23.2 Å². The van der Waals surface area contributed by atoms with Crippen molar-refractivity contribution >= 4 is 11.8 Å². The Morgan fingerprint density at radius 2 is 1.43 bits per heavy atom. The molecule has 2 N–H and O–H groups in total. The maximum atomic E-state index is 12.5. The number of carbonyl (C=O) groups is 2. The molecule has 1 aromatic carbocycles. The lowest BCUT2D eigenvalue weighted by Crippen LogP contribution is -2.48. The van der Waals surface area contributed by atoms with E-state index < -0.39 is 0 Å². The molecular weight excluding hydrogens is 380 g/mol. The molecule has 164 valence electrons. The Labute approximate surface area is 179 Å². The minimum Gasteiger partial charge on any atom is -0.490 e. The summed E-state index contributed by atoms with van der Waals surface area (Å²) in [5.41, 5.74) is 0.254. The Kier molecular flexibility index (Phi) is 6.49. The SMILES string of the molecule is CCOc1ccccc1OCC(=O)NCCNC(=O)CC12CC3CC(CC(C3)C1)C2. The molecule has 0 spiro atoms. The van der Waals surface area contributed by atoms with Crippen molar-refractivity contribution in [2.45, 2.75) is 51.9 Å². The van der Waals surface area contributed by atoms with Gasteiger partial charge in [0.2, 0.25) is 5.91 Å². The second-order valence-corrected chi connectivity index (χ2v) is 9.46. The zero-order chi connectivity index (χ0) is 21.0. The van der Waals surface area contributed by atoms with Gasteiger partial charge in [-0.05, 0) is 80.8 Å². The fraction of sp³-hybridized carbons (Fsp3) is 0.667. The minimum absolute atomic E-state index is 0.0781. The Morgan fingerprint density at radius 3 is 2.00 bits per heavy atom. The van der Waals surface area contributed by atoms with Gasteiger partial charge in [0.1, 0.15) is 0 Å². The molecule has 0 aliphatic heterocycles. The van der Waals surface area contributed by atoms with Gasteiger partial charge in [-0.3, -0.25) is 9.59 Å². The van der Waals surface area contributed by atoms with Crippen molar-refractivity contribution in [1.29, 1.82) is 0 Å². The van der Waals surface area contributed by atoms with E-state index in [2.05, 4.69) is 10.6 Å². The van der Waals surface area contributed by atoms with Crippen molar-refractivity contribution < 1.29 is 19.1 Å². The van der Waals surface area contributed by atoms with Crippen molar-refractivity contribution in [2.75, 3.05) is 26.3 Å². The number of amides is 2. The van der Waals surface area contributed by atoms with Crippen LogP contribution in [0.1, 0.15) is 51.9 Å². The van der Waals surface area contributed by atoms with Gasteiger partial charge in [-0.25, -0.2) is 0 Å². The van der Waals surface area contributed by atoms with E-state index in [4.69, 9.17) is 9.47 Å². The van der Waals surface area contributed by atoms with Crippen molar-refractivity contribution in [3.8, 4) is 11.5 Å². The van der Waals surface area contributed by atoms with Gasteiger partial charge < -0.3 is 20.1 Å². The molecule has 6 nitrogen and oxygen atoms in total. The molecule has 4 fully saturated rings. The number of hydrogen-bond donors (Lipinski definition) is 2. The second kappa shape index (κ2) is 9.27. The van der Waals surface area contributed by atoms with Crippen LogP contribution in [-0.4, -0.2) is 38.1 Å². The largest absolute Gasteiger partial charge is 0.490 e. The van der Waals surface area contributed by atoms with Gasteiger partial charge in [0.25, 0.3) is 5.91 Å². The second-order valence-electron chi connectivity index (χ2n) is 9.46. The third kappa shape index (κ3) is 5.08. The topological polar surface area (TPSA) is 76.7 Å². The molecule has 30 heavy (non-hydrogen) atoms. The van der Waals surface area contributed by atoms with Crippen molar-refractivity contribution in [3.05, 3.63) is 24.3 Å². The molecule has 0 unspecified atom stereocenters. The summed E-state index contributed by atoms with van der Waals surface area (Å²) < 4.78 is 11.1.